The van der Waals surface area contributed by atoms with Gasteiger partial charge in [-0.2, -0.15) is 0 Å². The Hall–Kier alpha value is -1.19. The summed E-state index contributed by atoms with van der Waals surface area (Å²) in [7, 11) is 0. The smallest absolute Gasteiger partial charge is 0.188 e. The molecule has 0 spiro atoms. The van der Waals surface area contributed by atoms with Crippen molar-refractivity contribution in [1.82, 2.24) is 0 Å². The lowest BCUT2D eigenvalue weighted by Gasteiger charge is -2.01. The second-order valence-corrected chi connectivity index (χ2v) is 2.63. The first kappa shape index (κ1) is 9.89. The maximum atomic E-state index is 11.4. The summed E-state index contributed by atoms with van der Waals surface area (Å²) in [5, 5.41) is 0. The van der Waals surface area contributed by atoms with Crippen LogP contribution in [-0.2, 0) is 4.74 Å². The monoisotopic (exact) mass is 179 g/mol. The van der Waals surface area contributed by atoms with E-state index in [-0.39, 0.29) is 12.4 Å². The van der Waals surface area contributed by atoms with E-state index < -0.39 is 0 Å². The lowest BCUT2D eigenvalue weighted by Crippen LogP contribution is -2.14. The summed E-state index contributed by atoms with van der Waals surface area (Å²) >= 11 is 0. The lowest BCUT2D eigenvalue weighted by atomic mass is 10.1. The molecule has 0 heterocycles. The number of rotatable bonds is 5. The standard InChI is InChI=1S/C10H13NO2/c11-6-7-13-8-10(12)9-4-2-1-3-5-9/h1-5H,6-8,11H2. The number of carbonyl (C=O) groups is 1. The number of ether oxygens (including phenoxy) is 1. The Balaban J connectivity index is 2.40. The highest BCUT2D eigenvalue weighted by molar-refractivity contribution is 5.96. The molecule has 0 fully saturated rings. The van der Waals surface area contributed by atoms with Crippen LogP contribution >= 0.6 is 0 Å². The number of Topliss-reactive ketones (excluding diaryl/α,β-unsaturated/α-hetero) is 1. The van der Waals surface area contributed by atoms with E-state index in [1.54, 1.807) is 12.1 Å². The Morgan fingerprint density at radius 2 is 2.00 bits per heavy atom. The van der Waals surface area contributed by atoms with Gasteiger partial charge in [-0.1, -0.05) is 30.3 Å². The molecular weight excluding hydrogens is 166 g/mol. The third kappa shape index (κ3) is 3.36. The number of benzene rings is 1. The first-order valence-corrected chi connectivity index (χ1v) is 4.20. The summed E-state index contributed by atoms with van der Waals surface area (Å²) in [5.74, 6) is -0.00551. The van der Waals surface area contributed by atoms with E-state index >= 15 is 0 Å². The fraction of sp³-hybridized carbons (Fsp3) is 0.300. The van der Waals surface area contributed by atoms with Gasteiger partial charge in [0.25, 0.3) is 0 Å². The molecule has 3 nitrogen and oxygen atoms in total. The topological polar surface area (TPSA) is 52.3 Å². The van der Waals surface area contributed by atoms with Crippen molar-refractivity contribution < 1.29 is 9.53 Å². The van der Waals surface area contributed by atoms with E-state index in [0.717, 1.165) is 0 Å². The molecule has 0 radical (unpaired) electrons. The normalized spacial score (nSPS) is 9.92. The van der Waals surface area contributed by atoms with Gasteiger partial charge in [0.05, 0.1) is 6.61 Å². The Bertz CT molecular complexity index is 259. The molecule has 1 rings (SSSR count). The predicted molar refractivity (Wildman–Crippen MR) is 50.6 cm³/mol. The van der Waals surface area contributed by atoms with Gasteiger partial charge in [-0.3, -0.25) is 4.79 Å². The van der Waals surface area contributed by atoms with Crippen LogP contribution in [0.25, 0.3) is 0 Å². The zero-order chi connectivity index (χ0) is 9.52. The molecule has 0 saturated heterocycles. The molecule has 1 aromatic carbocycles. The maximum Gasteiger partial charge on any atom is 0.188 e. The van der Waals surface area contributed by atoms with Crippen molar-refractivity contribution in [2.75, 3.05) is 19.8 Å². The summed E-state index contributed by atoms with van der Waals surface area (Å²) in [5.41, 5.74) is 5.90. The fourth-order valence-corrected chi connectivity index (χ4v) is 0.956. The van der Waals surface area contributed by atoms with Crippen molar-refractivity contribution in [2.45, 2.75) is 0 Å². The molecule has 13 heavy (non-hydrogen) atoms. The molecule has 0 atom stereocenters. The van der Waals surface area contributed by atoms with E-state index in [0.29, 0.717) is 18.7 Å². The van der Waals surface area contributed by atoms with Crippen molar-refractivity contribution in [3.63, 3.8) is 0 Å². The third-order valence-electron chi connectivity index (χ3n) is 1.59. The highest BCUT2D eigenvalue weighted by Gasteiger charge is 2.03. The number of nitrogens with two attached hydrogens (primary N) is 1. The molecule has 1 aromatic rings. The van der Waals surface area contributed by atoms with Crippen molar-refractivity contribution in [1.29, 1.82) is 0 Å². The first-order valence-electron chi connectivity index (χ1n) is 4.20. The minimum Gasteiger partial charge on any atom is -0.372 e. The molecule has 0 aliphatic heterocycles. The van der Waals surface area contributed by atoms with Crippen LogP contribution in [0.1, 0.15) is 10.4 Å². The fourth-order valence-electron chi connectivity index (χ4n) is 0.956. The van der Waals surface area contributed by atoms with Gasteiger partial charge in [-0.15, -0.1) is 0 Å². The molecule has 3 heteroatoms. The van der Waals surface area contributed by atoms with Gasteiger partial charge < -0.3 is 10.5 Å². The van der Waals surface area contributed by atoms with E-state index in [2.05, 4.69) is 0 Å². The van der Waals surface area contributed by atoms with E-state index in [4.69, 9.17) is 10.5 Å². The molecule has 70 valence electrons. The van der Waals surface area contributed by atoms with Crippen LogP contribution < -0.4 is 5.73 Å². The van der Waals surface area contributed by atoms with Gasteiger partial charge in [-0.05, 0) is 0 Å². The van der Waals surface area contributed by atoms with E-state index in [1.807, 2.05) is 18.2 Å². The Morgan fingerprint density at radius 1 is 1.31 bits per heavy atom. The summed E-state index contributed by atoms with van der Waals surface area (Å²) in [6.07, 6.45) is 0. The zero-order valence-electron chi connectivity index (χ0n) is 7.40. The van der Waals surface area contributed by atoms with Crippen molar-refractivity contribution >= 4 is 5.78 Å². The molecule has 0 aliphatic carbocycles. The second-order valence-electron chi connectivity index (χ2n) is 2.63. The van der Waals surface area contributed by atoms with Crippen molar-refractivity contribution in [2.24, 2.45) is 5.73 Å². The summed E-state index contributed by atoms with van der Waals surface area (Å²) < 4.78 is 5.02. The summed E-state index contributed by atoms with van der Waals surface area (Å²) in [6, 6.07) is 9.08. The molecule has 0 unspecified atom stereocenters. The third-order valence-corrected chi connectivity index (χ3v) is 1.59. The van der Waals surface area contributed by atoms with Crippen LogP contribution in [0.5, 0.6) is 0 Å². The van der Waals surface area contributed by atoms with Crippen molar-refractivity contribution in [3.8, 4) is 0 Å². The van der Waals surface area contributed by atoms with Crippen LogP contribution in [-0.4, -0.2) is 25.5 Å². The van der Waals surface area contributed by atoms with Crippen LogP contribution in [0, 0.1) is 0 Å². The minimum atomic E-state index is -0.00551. The van der Waals surface area contributed by atoms with E-state index in [9.17, 15) is 4.79 Å². The highest BCUT2D eigenvalue weighted by Crippen LogP contribution is 1.99. The number of hydrogen-bond acceptors (Lipinski definition) is 3. The molecule has 0 aromatic heterocycles. The summed E-state index contributed by atoms with van der Waals surface area (Å²) in [4.78, 5) is 11.4. The summed E-state index contributed by atoms with van der Waals surface area (Å²) in [6.45, 7) is 0.988. The Labute approximate surface area is 77.5 Å². The zero-order valence-corrected chi connectivity index (χ0v) is 7.40. The minimum absolute atomic E-state index is 0.00551. The van der Waals surface area contributed by atoms with Crippen LogP contribution in [0.15, 0.2) is 30.3 Å². The Kier molecular flexibility index (Phi) is 4.15. The molecule has 0 bridgehead atoms. The van der Waals surface area contributed by atoms with Gasteiger partial charge in [0, 0.05) is 12.1 Å². The molecular formula is C10H13NO2. The molecule has 0 aliphatic rings. The lowest BCUT2D eigenvalue weighted by molar-refractivity contribution is 0.0774. The van der Waals surface area contributed by atoms with Crippen LogP contribution in [0.2, 0.25) is 0 Å². The SMILES string of the molecule is NCCOCC(=O)c1ccccc1. The number of ketones is 1. The van der Waals surface area contributed by atoms with Gasteiger partial charge >= 0.3 is 0 Å². The molecule has 0 amide bonds. The second kappa shape index (κ2) is 5.45. The molecule has 2 N–H and O–H groups in total. The van der Waals surface area contributed by atoms with Gasteiger partial charge in [0.2, 0.25) is 0 Å². The highest BCUT2D eigenvalue weighted by atomic mass is 16.5. The van der Waals surface area contributed by atoms with Crippen molar-refractivity contribution in [3.05, 3.63) is 35.9 Å². The van der Waals surface area contributed by atoms with Crippen LogP contribution in [0.3, 0.4) is 0 Å². The van der Waals surface area contributed by atoms with Gasteiger partial charge in [0.1, 0.15) is 6.61 Å². The Morgan fingerprint density at radius 3 is 2.62 bits per heavy atom. The quantitative estimate of drug-likeness (QED) is 0.538. The number of carbonyl (C=O) groups excluding carboxylic acids is 1. The van der Waals surface area contributed by atoms with Crippen LogP contribution in [0.4, 0.5) is 0 Å². The van der Waals surface area contributed by atoms with Gasteiger partial charge in [-0.25, -0.2) is 0 Å². The van der Waals surface area contributed by atoms with E-state index in [1.165, 1.54) is 0 Å². The predicted octanol–water partition coefficient (Wildman–Crippen LogP) is 0.845. The average Bonchev–Trinajstić information content (AvgIpc) is 2.19. The number of hydrogen-bond donors (Lipinski definition) is 1. The molecule has 0 saturated carbocycles. The van der Waals surface area contributed by atoms with Gasteiger partial charge in [0.15, 0.2) is 5.78 Å². The average molecular weight is 179 g/mol. The first-order chi connectivity index (χ1) is 6.34. The largest absolute Gasteiger partial charge is 0.372 e. The maximum absolute atomic E-state index is 11.4.